The number of alkyl carbamates (subject to hydrolysis) is 1. The highest BCUT2D eigenvalue weighted by molar-refractivity contribution is 7.91. The second kappa shape index (κ2) is 10.4. The summed E-state index contributed by atoms with van der Waals surface area (Å²) in [4.78, 5) is 24.7. The number of benzene rings is 1. The van der Waals surface area contributed by atoms with E-state index in [1.165, 1.54) is 6.26 Å². The van der Waals surface area contributed by atoms with Crippen LogP contribution in [0.2, 0.25) is 0 Å². The van der Waals surface area contributed by atoms with Gasteiger partial charge in [-0.1, -0.05) is 25.1 Å². The van der Waals surface area contributed by atoms with Gasteiger partial charge in [0.25, 0.3) is 0 Å². The molecule has 2 fully saturated rings. The molecule has 2 amide bonds. The van der Waals surface area contributed by atoms with Crippen molar-refractivity contribution in [3.63, 3.8) is 0 Å². The summed E-state index contributed by atoms with van der Waals surface area (Å²) >= 11 is 0. The fraction of sp³-hybridized carbons (Fsp3) is 0.619. The molecule has 5 N–H and O–H groups in total. The molecule has 10 heteroatoms. The molecule has 0 radical (unpaired) electrons. The van der Waals surface area contributed by atoms with Crippen LogP contribution in [-0.2, 0) is 25.7 Å². The number of hydrogen-bond donors (Lipinski definition) is 5. The van der Waals surface area contributed by atoms with E-state index in [4.69, 9.17) is 9.52 Å². The lowest BCUT2D eigenvalue weighted by Crippen LogP contribution is -2.45. The average molecular weight is 452 g/mol. The van der Waals surface area contributed by atoms with Gasteiger partial charge in [0.15, 0.2) is 0 Å². The highest BCUT2D eigenvalue weighted by atomic mass is 32.2. The minimum Gasteiger partial charge on any atom is -0.446 e. The summed E-state index contributed by atoms with van der Waals surface area (Å²) in [7, 11) is -2.89. The van der Waals surface area contributed by atoms with E-state index in [0.29, 0.717) is 22.9 Å². The summed E-state index contributed by atoms with van der Waals surface area (Å²) in [6.45, 7) is 2.61. The first-order valence-electron chi connectivity index (χ1n) is 10.8. The largest absolute Gasteiger partial charge is 0.446 e. The molecule has 1 aromatic rings. The Labute approximate surface area is 184 Å². The Morgan fingerprint density at radius 3 is 2.74 bits per heavy atom. The van der Waals surface area contributed by atoms with E-state index in [-0.39, 0.29) is 36.7 Å². The van der Waals surface area contributed by atoms with Gasteiger partial charge in [-0.15, -0.1) is 0 Å². The van der Waals surface area contributed by atoms with Gasteiger partial charge in [-0.05, 0) is 49.7 Å². The van der Waals surface area contributed by atoms with Gasteiger partial charge in [-0.3, -0.25) is 10.2 Å². The summed E-state index contributed by atoms with van der Waals surface area (Å²) < 4.78 is 25.5. The van der Waals surface area contributed by atoms with E-state index < -0.39 is 9.73 Å². The Bertz CT molecular complexity index is 892. The van der Waals surface area contributed by atoms with Gasteiger partial charge in [0.2, 0.25) is 5.91 Å². The van der Waals surface area contributed by atoms with Gasteiger partial charge >= 0.3 is 6.09 Å². The van der Waals surface area contributed by atoms with Crippen LogP contribution in [0.5, 0.6) is 0 Å². The molecule has 1 aliphatic carbocycles. The fourth-order valence-corrected chi connectivity index (χ4v) is 5.28. The summed E-state index contributed by atoms with van der Waals surface area (Å²) in [5, 5.41) is 5.70. The summed E-state index contributed by atoms with van der Waals surface area (Å²) in [5.41, 5.74) is 7.01. The molecule has 1 saturated heterocycles. The highest BCUT2D eigenvalue weighted by Gasteiger charge is 2.37. The SMILES string of the molecule is CCCNC(=O)O[C@@H]1CC[C@H](C2CC(NC(=O)Cc3ccccc3S(C)(=N)=O)NN2)C1. The Morgan fingerprint density at radius 1 is 1.23 bits per heavy atom. The fourth-order valence-electron chi connectivity index (χ4n) is 4.30. The quantitative estimate of drug-likeness (QED) is 0.410. The van der Waals surface area contributed by atoms with Crippen molar-refractivity contribution < 1.29 is 18.5 Å². The molecule has 9 nitrogen and oxygen atoms in total. The van der Waals surface area contributed by atoms with E-state index >= 15 is 0 Å². The highest BCUT2D eigenvalue weighted by Crippen LogP contribution is 2.32. The number of hydrogen-bond acceptors (Lipinski definition) is 7. The van der Waals surface area contributed by atoms with Crippen LogP contribution in [0, 0.1) is 10.7 Å². The first kappa shape index (κ1) is 23.5. The van der Waals surface area contributed by atoms with Crippen LogP contribution in [0.3, 0.4) is 0 Å². The van der Waals surface area contributed by atoms with Crippen molar-refractivity contribution in [3.8, 4) is 0 Å². The molecule has 1 saturated carbocycles. The van der Waals surface area contributed by atoms with E-state index in [1.54, 1.807) is 24.3 Å². The number of hydrazine groups is 1. The number of carbonyl (C=O) groups excluding carboxylic acids is 2. The summed E-state index contributed by atoms with van der Waals surface area (Å²) in [5.74, 6) is 0.184. The predicted molar refractivity (Wildman–Crippen MR) is 118 cm³/mol. The molecule has 31 heavy (non-hydrogen) atoms. The third kappa shape index (κ3) is 6.65. The molecule has 0 bridgehead atoms. The van der Waals surface area contributed by atoms with Crippen molar-refractivity contribution in [3.05, 3.63) is 29.8 Å². The zero-order chi connectivity index (χ0) is 22.4. The molecule has 0 spiro atoms. The molecule has 3 rings (SSSR count). The maximum absolute atomic E-state index is 12.5. The lowest BCUT2D eigenvalue weighted by atomic mass is 9.96. The number of rotatable bonds is 8. The smallest absolute Gasteiger partial charge is 0.407 e. The van der Waals surface area contributed by atoms with Crippen molar-refractivity contribution in [2.45, 2.75) is 68.7 Å². The molecule has 1 heterocycles. The van der Waals surface area contributed by atoms with E-state index in [9.17, 15) is 13.8 Å². The topological polar surface area (TPSA) is 132 Å². The van der Waals surface area contributed by atoms with Crippen molar-refractivity contribution in [1.82, 2.24) is 21.5 Å². The van der Waals surface area contributed by atoms with Crippen LogP contribution in [0.4, 0.5) is 4.79 Å². The van der Waals surface area contributed by atoms with Gasteiger partial charge in [-0.2, -0.15) is 0 Å². The number of amides is 2. The molecule has 172 valence electrons. The van der Waals surface area contributed by atoms with Crippen LogP contribution in [0.1, 0.15) is 44.6 Å². The third-order valence-electron chi connectivity index (χ3n) is 5.80. The number of carbonyl (C=O) groups is 2. The lowest BCUT2D eigenvalue weighted by molar-refractivity contribution is -0.121. The minimum absolute atomic E-state index is 0.0671. The average Bonchev–Trinajstić information content (AvgIpc) is 3.35. The van der Waals surface area contributed by atoms with E-state index in [0.717, 1.165) is 32.1 Å². The lowest BCUT2D eigenvalue weighted by Gasteiger charge is -2.18. The molecule has 0 aromatic heterocycles. The van der Waals surface area contributed by atoms with E-state index in [1.807, 2.05) is 6.92 Å². The molecule has 2 aliphatic rings. The Morgan fingerprint density at radius 2 is 2.00 bits per heavy atom. The first-order valence-corrected chi connectivity index (χ1v) is 12.8. The first-order chi connectivity index (χ1) is 14.8. The Balaban J connectivity index is 1.46. The third-order valence-corrected chi connectivity index (χ3v) is 7.04. The number of ether oxygens (including phenoxy) is 1. The standard InChI is InChI=1S/C21H33N5O4S/c1-3-10-23-21(28)30-16-9-8-14(11-16)17-13-19(26-25-17)24-20(27)12-15-6-4-5-7-18(15)31(2,22)29/h4-7,14,16-17,19,22,25-26H,3,8-13H2,1-2H3,(H,23,28)(H,24,27)/t14-,16+,17?,19?,31?/m0/s1. The molecule has 1 aromatic carbocycles. The van der Waals surface area contributed by atoms with Crippen molar-refractivity contribution >= 4 is 21.7 Å². The van der Waals surface area contributed by atoms with Crippen LogP contribution in [-0.4, -0.2) is 47.3 Å². The minimum atomic E-state index is -2.89. The molecular weight excluding hydrogens is 418 g/mol. The Kier molecular flexibility index (Phi) is 7.90. The van der Waals surface area contributed by atoms with E-state index in [2.05, 4.69) is 21.5 Å². The zero-order valence-corrected chi connectivity index (χ0v) is 18.9. The van der Waals surface area contributed by atoms with Crippen LogP contribution < -0.4 is 21.5 Å². The molecule has 1 aliphatic heterocycles. The summed E-state index contributed by atoms with van der Waals surface area (Å²) in [6.07, 6.45) is 5.04. The van der Waals surface area contributed by atoms with Crippen LogP contribution >= 0.6 is 0 Å². The monoisotopic (exact) mass is 451 g/mol. The Hall–Kier alpha value is -2.17. The normalized spacial score (nSPS) is 27.4. The zero-order valence-electron chi connectivity index (χ0n) is 18.1. The second-order valence-corrected chi connectivity index (χ2v) is 10.5. The summed E-state index contributed by atoms with van der Waals surface area (Å²) in [6, 6.07) is 7.08. The molecule has 3 unspecified atom stereocenters. The van der Waals surface area contributed by atoms with Crippen molar-refractivity contribution in [1.29, 1.82) is 4.78 Å². The van der Waals surface area contributed by atoms with Crippen LogP contribution in [0.25, 0.3) is 0 Å². The van der Waals surface area contributed by atoms with Gasteiger partial charge < -0.3 is 15.4 Å². The maximum Gasteiger partial charge on any atom is 0.407 e. The van der Waals surface area contributed by atoms with Gasteiger partial charge in [-0.25, -0.2) is 19.2 Å². The van der Waals surface area contributed by atoms with Gasteiger partial charge in [0, 0.05) is 18.8 Å². The van der Waals surface area contributed by atoms with Gasteiger partial charge in [0.1, 0.15) is 6.10 Å². The second-order valence-electron chi connectivity index (χ2n) is 8.41. The van der Waals surface area contributed by atoms with Gasteiger partial charge in [0.05, 0.1) is 27.2 Å². The van der Waals surface area contributed by atoms with Crippen molar-refractivity contribution in [2.24, 2.45) is 5.92 Å². The van der Waals surface area contributed by atoms with Crippen molar-refractivity contribution in [2.75, 3.05) is 12.8 Å². The number of nitrogens with one attached hydrogen (secondary N) is 5. The molecule has 5 atom stereocenters. The predicted octanol–water partition coefficient (Wildman–Crippen LogP) is 1.88. The maximum atomic E-state index is 12.5. The van der Waals surface area contributed by atoms with Crippen LogP contribution in [0.15, 0.2) is 29.2 Å². The molecular formula is C21H33N5O4S.